The van der Waals surface area contributed by atoms with Gasteiger partial charge in [-0.15, -0.1) is 0 Å². The standard InChI is InChI=1S/C19H25Cl2N3O3/c1-3-4-5-6-7-10-19(2)17(26)24(18(27)23-19)12-16(25)22-13-8-9-14(20)15(21)11-13/h8-9,11H,3-7,10,12H2,1-2H3,(H,22,25)(H,23,27)/t19-/m0/s1. The van der Waals surface area contributed by atoms with Gasteiger partial charge in [0, 0.05) is 5.69 Å². The molecule has 1 aromatic carbocycles. The SMILES string of the molecule is CCCCCCC[C@]1(C)NC(=O)N(CC(=O)Nc2ccc(Cl)c(Cl)c2)C1=O. The van der Waals surface area contributed by atoms with Crippen LogP contribution < -0.4 is 10.6 Å². The van der Waals surface area contributed by atoms with Crippen molar-refractivity contribution in [1.29, 1.82) is 0 Å². The molecule has 1 aliphatic rings. The Balaban J connectivity index is 1.91. The van der Waals surface area contributed by atoms with Crippen LogP contribution >= 0.6 is 23.2 Å². The number of halogens is 2. The number of rotatable bonds is 9. The third-order valence-corrected chi connectivity index (χ3v) is 5.37. The lowest BCUT2D eigenvalue weighted by molar-refractivity contribution is -0.133. The van der Waals surface area contributed by atoms with E-state index in [0.717, 1.165) is 37.0 Å². The van der Waals surface area contributed by atoms with Gasteiger partial charge in [-0.25, -0.2) is 4.79 Å². The van der Waals surface area contributed by atoms with E-state index in [4.69, 9.17) is 23.2 Å². The Labute approximate surface area is 169 Å². The second kappa shape index (κ2) is 9.42. The van der Waals surface area contributed by atoms with E-state index in [0.29, 0.717) is 22.2 Å². The molecular formula is C19H25Cl2N3O3. The van der Waals surface area contributed by atoms with Crippen molar-refractivity contribution in [2.45, 2.75) is 57.9 Å². The Morgan fingerprint density at radius 2 is 1.85 bits per heavy atom. The lowest BCUT2D eigenvalue weighted by Crippen LogP contribution is -2.44. The lowest BCUT2D eigenvalue weighted by atomic mass is 9.94. The van der Waals surface area contributed by atoms with E-state index in [1.165, 1.54) is 6.07 Å². The van der Waals surface area contributed by atoms with E-state index in [2.05, 4.69) is 17.6 Å². The molecule has 148 valence electrons. The van der Waals surface area contributed by atoms with Crippen LogP contribution in [-0.2, 0) is 9.59 Å². The largest absolute Gasteiger partial charge is 0.325 e. The van der Waals surface area contributed by atoms with Crippen molar-refractivity contribution in [1.82, 2.24) is 10.2 Å². The van der Waals surface area contributed by atoms with Crippen LogP contribution in [0.25, 0.3) is 0 Å². The van der Waals surface area contributed by atoms with E-state index in [1.807, 2.05) is 0 Å². The maximum atomic E-state index is 12.7. The molecular weight excluding hydrogens is 389 g/mol. The number of amides is 4. The fourth-order valence-electron chi connectivity index (χ4n) is 3.06. The number of anilines is 1. The number of benzene rings is 1. The first kappa shape index (κ1) is 21.5. The van der Waals surface area contributed by atoms with E-state index in [-0.39, 0.29) is 12.5 Å². The molecule has 0 bridgehead atoms. The minimum Gasteiger partial charge on any atom is -0.324 e. The third-order valence-electron chi connectivity index (χ3n) is 4.63. The highest BCUT2D eigenvalue weighted by molar-refractivity contribution is 6.42. The summed E-state index contributed by atoms with van der Waals surface area (Å²) >= 11 is 11.8. The monoisotopic (exact) mass is 413 g/mol. The zero-order chi connectivity index (χ0) is 20.0. The van der Waals surface area contributed by atoms with E-state index >= 15 is 0 Å². The van der Waals surface area contributed by atoms with Crippen LogP contribution in [-0.4, -0.2) is 34.8 Å². The molecule has 0 spiro atoms. The molecule has 1 fully saturated rings. The van der Waals surface area contributed by atoms with Crippen molar-refractivity contribution >= 4 is 46.7 Å². The van der Waals surface area contributed by atoms with Crippen LogP contribution in [0.3, 0.4) is 0 Å². The number of unbranched alkanes of at least 4 members (excludes halogenated alkanes) is 4. The highest BCUT2D eigenvalue weighted by atomic mass is 35.5. The summed E-state index contributed by atoms with van der Waals surface area (Å²) < 4.78 is 0. The van der Waals surface area contributed by atoms with Crippen LogP contribution in [0.4, 0.5) is 10.5 Å². The summed E-state index contributed by atoms with van der Waals surface area (Å²) in [5.74, 6) is -0.851. The van der Waals surface area contributed by atoms with Gasteiger partial charge in [0.2, 0.25) is 5.91 Å². The van der Waals surface area contributed by atoms with Gasteiger partial charge in [0.25, 0.3) is 5.91 Å². The van der Waals surface area contributed by atoms with E-state index in [1.54, 1.807) is 19.1 Å². The summed E-state index contributed by atoms with van der Waals surface area (Å²) in [5, 5.41) is 6.02. The Bertz CT molecular complexity index is 726. The predicted molar refractivity (Wildman–Crippen MR) is 107 cm³/mol. The number of nitrogens with zero attached hydrogens (tertiary/aromatic N) is 1. The minimum atomic E-state index is -0.951. The molecule has 4 amide bonds. The van der Waals surface area contributed by atoms with Crippen LogP contribution in [0.1, 0.15) is 52.4 Å². The molecule has 1 aromatic rings. The van der Waals surface area contributed by atoms with Crippen molar-refractivity contribution < 1.29 is 14.4 Å². The molecule has 0 aliphatic carbocycles. The number of imide groups is 1. The average molecular weight is 414 g/mol. The van der Waals surface area contributed by atoms with Gasteiger partial charge in [-0.1, -0.05) is 62.2 Å². The molecule has 1 aliphatic heterocycles. The normalized spacial score (nSPS) is 19.3. The highest BCUT2D eigenvalue weighted by Gasteiger charge is 2.47. The molecule has 2 N–H and O–H groups in total. The minimum absolute atomic E-state index is 0.306. The maximum Gasteiger partial charge on any atom is 0.325 e. The van der Waals surface area contributed by atoms with E-state index in [9.17, 15) is 14.4 Å². The van der Waals surface area contributed by atoms with Crippen LogP contribution in [0.15, 0.2) is 18.2 Å². The van der Waals surface area contributed by atoms with Crippen LogP contribution in [0.5, 0.6) is 0 Å². The molecule has 8 heteroatoms. The number of carbonyl (C=O) groups is 3. The Morgan fingerprint density at radius 3 is 2.52 bits per heavy atom. The van der Waals surface area contributed by atoms with Crippen LogP contribution in [0, 0.1) is 0 Å². The third kappa shape index (κ3) is 5.59. The smallest absolute Gasteiger partial charge is 0.324 e. The second-order valence-corrected chi connectivity index (χ2v) is 7.81. The van der Waals surface area contributed by atoms with Gasteiger partial charge in [0.15, 0.2) is 0 Å². The van der Waals surface area contributed by atoms with Gasteiger partial charge in [-0.3, -0.25) is 14.5 Å². The van der Waals surface area contributed by atoms with Crippen molar-refractivity contribution in [2.75, 3.05) is 11.9 Å². The summed E-state index contributed by atoms with van der Waals surface area (Å²) in [6, 6.07) is 4.12. The summed E-state index contributed by atoms with van der Waals surface area (Å²) in [6.45, 7) is 3.50. The number of carbonyl (C=O) groups excluding carboxylic acids is 3. The molecule has 0 unspecified atom stereocenters. The predicted octanol–water partition coefficient (Wildman–Crippen LogP) is 4.60. The summed E-state index contributed by atoms with van der Waals surface area (Å²) in [5.41, 5.74) is -0.507. The summed E-state index contributed by atoms with van der Waals surface area (Å²) in [4.78, 5) is 38.1. The van der Waals surface area contributed by atoms with Gasteiger partial charge >= 0.3 is 6.03 Å². The topological polar surface area (TPSA) is 78.5 Å². The first-order valence-corrected chi connectivity index (χ1v) is 9.91. The molecule has 1 atom stereocenters. The summed E-state index contributed by atoms with van der Waals surface area (Å²) in [6.07, 6.45) is 5.86. The zero-order valence-corrected chi connectivity index (χ0v) is 17.1. The summed E-state index contributed by atoms with van der Waals surface area (Å²) in [7, 11) is 0. The molecule has 0 radical (unpaired) electrons. The molecule has 0 aromatic heterocycles. The van der Waals surface area contributed by atoms with Crippen molar-refractivity contribution in [2.24, 2.45) is 0 Å². The van der Waals surface area contributed by atoms with Gasteiger partial charge in [0.05, 0.1) is 10.0 Å². The average Bonchev–Trinajstić information content (AvgIpc) is 2.81. The molecule has 1 saturated heterocycles. The zero-order valence-electron chi connectivity index (χ0n) is 15.6. The lowest BCUT2D eigenvalue weighted by Gasteiger charge is -2.21. The molecule has 2 rings (SSSR count). The first-order valence-electron chi connectivity index (χ1n) is 9.16. The second-order valence-electron chi connectivity index (χ2n) is 6.99. The highest BCUT2D eigenvalue weighted by Crippen LogP contribution is 2.26. The Morgan fingerprint density at radius 1 is 1.15 bits per heavy atom. The van der Waals surface area contributed by atoms with Crippen molar-refractivity contribution in [3.8, 4) is 0 Å². The van der Waals surface area contributed by atoms with Gasteiger partial charge < -0.3 is 10.6 Å². The molecule has 27 heavy (non-hydrogen) atoms. The van der Waals surface area contributed by atoms with Gasteiger partial charge in [-0.05, 0) is 31.5 Å². The number of urea groups is 1. The van der Waals surface area contributed by atoms with Crippen LogP contribution in [0.2, 0.25) is 10.0 Å². The maximum absolute atomic E-state index is 12.7. The first-order chi connectivity index (χ1) is 12.8. The van der Waals surface area contributed by atoms with Gasteiger partial charge in [0.1, 0.15) is 12.1 Å². The van der Waals surface area contributed by atoms with E-state index < -0.39 is 17.5 Å². The number of hydrogen-bond acceptors (Lipinski definition) is 3. The molecule has 0 saturated carbocycles. The Kier molecular flexibility index (Phi) is 7.50. The van der Waals surface area contributed by atoms with Gasteiger partial charge in [-0.2, -0.15) is 0 Å². The number of nitrogens with one attached hydrogen (secondary N) is 2. The van der Waals surface area contributed by atoms with Crippen molar-refractivity contribution in [3.63, 3.8) is 0 Å². The fourth-order valence-corrected chi connectivity index (χ4v) is 3.36. The fraction of sp³-hybridized carbons (Fsp3) is 0.526. The molecule has 1 heterocycles. The quantitative estimate of drug-likeness (QED) is 0.458. The molecule has 6 nitrogen and oxygen atoms in total. The van der Waals surface area contributed by atoms with Crippen molar-refractivity contribution in [3.05, 3.63) is 28.2 Å². The Hall–Kier alpha value is -1.79. The number of hydrogen-bond donors (Lipinski definition) is 2.